The van der Waals surface area contributed by atoms with Crippen molar-refractivity contribution in [3.63, 3.8) is 0 Å². The molecule has 142 valence electrons. The molecule has 0 atom stereocenters. The molecule has 27 heavy (non-hydrogen) atoms. The quantitative estimate of drug-likeness (QED) is 0.604. The number of benzene rings is 2. The van der Waals surface area contributed by atoms with Crippen LogP contribution < -0.4 is 4.90 Å². The smallest absolute Gasteiger partial charge is 0.328 e. The van der Waals surface area contributed by atoms with E-state index in [1.165, 1.54) is 4.90 Å². The average Bonchev–Trinajstić information content (AvgIpc) is 2.60. The summed E-state index contributed by atoms with van der Waals surface area (Å²) in [5.41, 5.74) is -0.00303. The molecule has 1 heterocycles. The molecule has 0 aliphatic carbocycles. The van der Waals surface area contributed by atoms with Gasteiger partial charge in [-0.25, -0.2) is 4.39 Å². The molecule has 1 saturated heterocycles. The van der Waals surface area contributed by atoms with E-state index < -0.39 is 35.9 Å². The molecule has 0 saturated carbocycles. The van der Waals surface area contributed by atoms with Crippen LogP contribution in [0.3, 0.4) is 0 Å². The van der Waals surface area contributed by atoms with Crippen LogP contribution in [0.15, 0.2) is 42.5 Å². The Balaban J connectivity index is 1.83. The predicted octanol–water partition coefficient (Wildman–Crippen LogP) is 3.53. The second-order valence-electron chi connectivity index (χ2n) is 6.27. The van der Waals surface area contributed by atoms with Gasteiger partial charge >= 0.3 is 18.0 Å². The predicted molar refractivity (Wildman–Crippen MR) is 90.4 cm³/mol. The van der Waals surface area contributed by atoms with Crippen LogP contribution in [0.1, 0.15) is 16.7 Å². The van der Waals surface area contributed by atoms with Crippen LogP contribution in [0.25, 0.3) is 0 Å². The lowest BCUT2D eigenvalue weighted by molar-refractivity contribution is -0.147. The van der Waals surface area contributed by atoms with Gasteiger partial charge in [0.15, 0.2) is 0 Å². The molecule has 0 N–H and O–H groups in total. The summed E-state index contributed by atoms with van der Waals surface area (Å²) in [5.74, 6) is -2.70. The van der Waals surface area contributed by atoms with Crippen LogP contribution in [0.4, 0.5) is 23.2 Å². The summed E-state index contributed by atoms with van der Waals surface area (Å²) in [4.78, 5) is 27.3. The third-order valence-corrected chi connectivity index (χ3v) is 4.45. The van der Waals surface area contributed by atoms with Gasteiger partial charge in [0, 0.05) is 25.3 Å². The van der Waals surface area contributed by atoms with Crippen LogP contribution in [-0.2, 0) is 22.3 Å². The number of anilines is 1. The SMILES string of the molecule is Cc1ccccc1N1CCN(Cc2ccc(F)cc2C(F)(F)F)C(=O)C1=O. The summed E-state index contributed by atoms with van der Waals surface area (Å²) in [5, 5.41) is 0. The summed E-state index contributed by atoms with van der Waals surface area (Å²) >= 11 is 0. The Bertz CT molecular complexity index is 896. The van der Waals surface area contributed by atoms with Gasteiger partial charge in [-0.15, -0.1) is 0 Å². The second kappa shape index (κ2) is 7.02. The Morgan fingerprint density at radius 1 is 1.00 bits per heavy atom. The zero-order valence-corrected chi connectivity index (χ0v) is 14.4. The molecule has 0 spiro atoms. The maximum absolute atomic E-state index is 13.2. The molecule has 0 aromatic heterocycles. The first kappa shape index (κ1) is 18.9. The first-order valence-electron chi connectivity index (χ1n) is 8.20. The average molecular weight is 380 g/mol. The van der Waals surface area contributed by atoms with Gasteiger partial charge in [0.1, 0.15) is 5.82 Å². The van der Waals surface area contributed by atoms with E-state index in [2.05, 4.69) is 0 Å². The zero-order chi connectivity index (χ0) is 19.8. The molecule has 2 aromatic carbocycles. The topological polar surface area (TPSA) is 40.6 Å². The summed E-state index contributed by atoms with van der Waals surface area (Å²) < 4.78 is 52.6. The maximum Gasteiger partial charge on any atom is 0.416 e. The summed E-state index contributed by atoms with van der Waals surface area (Å²) in [6, 6.07) is 9.33. The highest BCUT2D eigenvalue weighted by Gasteiger charge is 2.37. The van der Waals surface area contributed by atoms with Crippen molar-refractivity contribution < 1.29 is 27.2 Å². The van der Waals surface area contributed by atoms with Gasteiger partial charge in [-0.3, -0.25) is 9.59 Å². The number of para-hydroxylation sites is 1. The fourth-order valence-electron chi connectivity index (χ4n) is 3.08. The van der Waals surface area contributed by atoms with E-state index in [1.54, 1.807) is 31.2 Å². The molecular formula is C19H16F4N2O2. The molecule has 4 nitrogen and oxygen atoms in total. The summed E-state index contributed by atoms with van der Waals surface area (Å²) in [7, 11) is 0. The number of halogens is 4. The lowest BCUT2D eigenvalue weighted by Gasteiger charge is -2.34. The molecule has 1 fully saturated rings. The largest absolute Gasteiger partial charge is 0.416 e. The van der Waals surface area contributed by atoms with E-state index in [-0.39, 0.29) is 18.7 Å². The minimum absolute atomic E-state index is 0.0770. The number of nitrogens with zero attached hydrogens (tertiary/aromatic N) is 2. The van der Waals surface area contributed by atoms with Gasteiger partial charge in [0.05, 0.1) is 5.56 Å². The molecule has 2 aromatic rings. The van der Waals surface area contributed by atoms with Gasteiger partial charge < -0.3 is 9.80 Å². The van der Waals surface area contributed by atoms with Crippen LogP contribution in [0, 0.1) is 12.7 Å². The van der Waals surface area contributed by atoms with Crippen LogP contribution in [0.2, 0.25) is 0 Å². The van der Waals surface area contributed by atoms with Crippen molar-refractivity contribution in [2.24, 2.45) is 0 Å². The third kappa shape index (κ3) is 3.79. The van der Waals surface area contributed by atoms with E-state index >= 15 is 0 Å². The highest BCUT2D eigenvalue weighted by atomic mass is 19.4. The Morgan fingerprint density at radius 2 is 1.70 bits per heavy atom. The minimum Gasteiger partial charge on any atom is -0.328 e. The molecule has 0 unspecified atom stereocenters. The lowest BCUT2D eigenvalue weighted by atomic mass is 10.1. The van der Waals surface area contributed by atoms with Gasteiger partial charge in [-0.05, 0) is 36.2 Å². The number of rotatable bonds is 3. The number of hydrogen-bond donors (Lipinski definition) is 0. The third-order valence-electron chi connectivity index (χ3n) is 4.45. The van der Waals surface area contributed by atoms with Crippen molar-refractivity contribution in [1.82, 2.24) is 4.90 Å². The number of carbonyl (C=O) groups is 2. The van der Waals surface area contributed by atoms with Gasteiger partial charge in [-0.2, -0.15) is 13.2 Å². The standard InChI is InChI=1S/C19H16F4N2O2/c1-12-4-2-3-5-16(12)25-9-8-24(17(26)18(25)27)11-13-6-7-14(20)10-15(13)19(21,22)23/h2-7,10H,8-9,11H2,1H3. The molecule has 0 radical (unpaired) electrons. The highest BCUT2D eigenvalue weighted by Crippen LogP contribution is 2.33. The minimum atomic E-state index is -4.76. The monoisotopic (exact) mass is 380 g/mol. The fraction of sp³-hybridized carbons (Fsp3) is 0.263. The second-order valence-corrected chi connectivity index (χ2v) is 6.27. The number of aryl methyl sites for hydroxylation is 1. The van der Waals surface area contributed by atoms with Crippen LogP contribution >= 0.6 is 0 Å². The van der Waals surface area contributed by atoms with Crippen molar-refractivity contribution in [3.05, 3.63) is 65.0 Å². The summed E-state index contributed by atoms with van der Waals surface area (Å²) in [6.07, 6.45) is -4.76. The maximum atomic E-state index is 13.2. The van der Waals surface area contributed by atoms with E-state index in [1.807, 2.05) is 0 Å². The van der Waals surface area contributed by atoms with E-state index in [0.717, 1.165) is 22.6 Å². The molecule has 0 bridgehead atoms. The molecular weight excluding hydrogens is 364 g/mol. The van der Waals surface area contributed by atoms with E-state index in [9.17, 15) is 27.2 Å². The van der Waals surface area contributed by atoms with Gasteiger partial charge in [0.25, 0.3) is 0 Å². The number of carbonyl (C=O) groups excluding carboxylic acids is 2. The first-order chi connectivity index (χ1) is 12.7. The van der Waals surface area contributed by atoms with Crippen molar-refractivity contribution in [2.75, 3.05) is 18.0 Å². The Hall–Kier alpha value is -2.90. The van der Waals surface area contributed by atoms with Crippen LogP contribution in [0.5, 0.6) is 0 Å². The molecule has 1 aliphatic rings. The fourth-order valence-corrected chi connectivity index (χ4v) is 3.08. The van der Waals surface area contributed by atoms with E-state index in [0.29, 0.717) is 11.8 Å². The molecule has 3 rings (SSSR count). The first-order valence-corrected chi connectivity index (χ1v) is 8.20. The van der Waals surface area contributed by atoms with Crippen molar-refractivity contribution in [2.45, 2.75) is 19.6 Å². The summed E-state index contributed by atoms with van der Waals surface area (Å²) in [6.45, 7) is 1.63. The zero-order valence-electron chi connectivity index (χ0n) is 14.4. The molecule has 1 aliphatic heterocycles. The van der Waals surface area contributed by atoms with Gasteiger partial charge in [-0.1, -0.05) is 24.3 Å². The van der Waals surface area contributed by atoms with Gasteiger partial charge in [0.2, 0.25) is 0 Å². The molecule has 2 amide bonds. The van der Waals surface area contributed by atoms with Crippen LogP contribution in [-0.4, -0.2) is 29.8 Å². The van der Waals surface area contributed by atoms with Crippen molar-refractivity contribution >= 4 is 17.5 Å². The normalized spacial score (nSPS) is 15.4. The van der Waals surface area contributed by atoms with Crippen molar-refractivity contribution in [3.8, 4) is 0 Å². The number of piperazine rings is 1. The molecule has 8 heteroatoms. The Kier molecular flexibility index (Phi) is 4.91. The van der Waals surface area contributed by atoms with Crippen molar-refractivity contribution in [1.29, 1.82) is 0 Å². The Morgan fingerprint density at radius 3 is 2.37 bits per heavy atom. The number of amides is 2. The number of hydrogen-bond acceptors (Lipinski definition) is 2. The Labute approximate surface area is 153 Å². The number of alkyl halides is 3. The lowest BCUT2D eigenvalue weighted by Crippen LogP contribution is -2.54. The van der Waals surface area contributed by atoms with E-state index in [4.69, 9.17) is 0 Å². The highest BCUT2D eigenvalue weighted by molar-refractivity contribution is 6.41.